The van der Waals surface area contributed by atoms with E-state index in [2.05, 4.69) is 20.3 Å². The molecule has 3 aromatic heterocycles. The van der Waals surface area contributed by atoms with Crippen molar-refractivity contribution in [3.63, 3.8) is 0 Å². The van der Waals surface area contributed by atoms with Crippen LogP contribution in [0.1, 0.15) is 24.4 Å². The molecule has 1 aromatic carbocycles. The number of aromatic nitrogens is 4. The minimum absolute atomic E-state index is 0.0746. The first-order valence-electron chi connectivity index (χ1n) is 9.52. The van der Waals surface area contributed by atoms with E-state index in [0.717, 1.165) is 0 Å². The number of aryl methyl sites for hydroxylation is 1. The smallest absolute Gasteiger partial charge is 0.258 e. The van der Waals surface area contributed by atoms with Crippen LogP contribution in [0, 0.1) is 12.7 Å². The Balaban J connectivity index is 1.62. The van der Waals surface area contributed by atoms with E-state index in [4.69, 9.17) is 0 Å². The normalized spacial score (nSPS) is 16.5. The highest BCUT2D eigenvalue weighted by Gasteiger charge is 2.36. The van der Waals surface area contributed by atoms with E-state index in [0.29, 0.717) is 40.8 Å². The lowest BCUT2D eigenvalue weighted by Crippen LogP contribution is -2.38. The number of fused-ring (bicyclic) bond motifs is 2. The van der Waals surface area contributed by atoms with Crippen LogP contribution in [0.3, 0.4) is 0 Å². The van der Waals surface area contributed by atoms with Gasteiger partial charge < -0.3 is 14.7 Å². The molecule has 29 heavy (non-hydrogen) atoms. The van der Waals surface area contributed by atoms with Crippen LogP contribution in [0.2, 0.25) is 0 Å². The van der Waals surface area contributed by atoms with Gasteiger partial charge >= 0.3 is 0 Å². The summed E-state index contributed by atoms with van der Waals surface area (Å²) in [5, 5.41) is 3.45. The Morgan fingerprint density at radius 1 is 1.10 bits per heavy atom. The number of benzene rings is 1. The van der Waals surface area contributed by atoms with E-state index in [1.165, 1.54) is 6.07 Å². The summed E-state index contributed by atoms with van der Waals surface area (Å²) in [5.41, 5.74) is 0.632. The van der Waals surface area contributed by atoms with Crippen LogP contribution >= 0.6 is 0 Å². The predicted octanol–water partition coefficient (Wildman–Crippen LogP) is 3.23. The highest BCUT2D eigenvalue weighted by molar-refractivity contribution is 5.84. The number of nitrogens with one attached hydrogen (secondary N) is 2. The number of H-pyrrole nitrogens is 1. The number of aromatic amines is 1. The zero-order chi connectivity index (χ0) is 20.2. The van der Waals surface area contributed by atoms with Crippen molar-refractivity contribution >= 4 is 16.6 Å². The van der Waals surface area contributed by atoms with Gasteiger partial charge in [0, 0.05) is 30.8 Å². The van der Waals surface area contributed by atoms with Crippen LogP contribution in [0.15, 0.2) is 41.5 Å². The second-order valence-electron chi connectivity index (χ2n) is 7.55. The van der Waals surface area contributed by atoms with Crippen LogP contribution in [0.5, 0.6) is 0 Å². The number of hydrogen-bond acceptors (Lipinski definition) is 4. The lowest BCUT2D eigenvalue weighted by Gasteiger charge is -2.28. The molecule has 0 unspecified atom stereocenters. The first-order chi connectivity index (χ1) is 13.9. The molecule has 4 aromatic rings. The van der Waals surface area contributed by atoms with Gasteiger partial charge in [-0.25, -0.2) is 18.7 Å². The fourth-order valence-electron chi connectivity index (χ4n) is 3.93. The largest absolute Gasteiger partial charge is 0.316 e. The lowest BCUT2D eigenvalue weighted by molar-refractivity contribution is 0.104. The fourth-order valence-corrected chi connectivity index (χ4v) is 3.93. The molecule has 0 atom stereocenters. The molecule has 0 saturated carbocycles. The van der Waals surface area contributed by atoms with Crippen LogP contribution in [-0.4, -0.2) is 32.4 Å². The first-order valence-corrected chi connectivity index (χ1v) is 9.52. The first kappa shape index (κ1) is 17.9. The second kappa shape index (κ2) is 6.45. The summed E-state index contributed by atoms with van der Waals surface area (Å²) in [6, 6.07) is 6.48. The van der Waals surface area contributed by atoms with Crippen molar-refractivity contribution in [2.75, 3.05) is 13.1 Å². The number of halogens is 2. The molecule has 8 heteroatoms. The number of imidazole rings is 1. The van der Waals surface area contributed by atoms with E-state index in [-0.39, 0.29) is 24.3 Å². The van der Waals surface area contributed by atoms with Gasteiger partial charge in [-0.05, 0) is 43.8 Å². The van der Waals surface area contributed by atoms with Crippen molar-refractivity contribution in [3.8, 4) is 11.1 Å². The number of piperidine rings is 1. The summed E-state index contributed by atoms with van der Waals surface area (Å²) < 4.78 is 31.3. The summed E-state index contributed by atoms with van der Waals surface area (Å²) in [4.78, 5) is 23.9. The third kappa shape index (κ3) is 3.00. The number of alkyl halides is 1. The standard InChI is InChI=1S/C21H19F2N5O/c1-12-10-28-11-14(9-16(22)18(28)25-12)13-2-3-17-15(8-13)19(29)27-20(26-17)21(23)4-6-24-7-5-21/h2-3,8-11,24H,4-7H2,1H3,(H,26,27,29). The Kier molecular flexibility index (Phi) is 3.99. The molecule has 1 saturated heterocycles. The molecule has 148 valence electrons. The molecule has 4 heterocycles. The average molecular weight is 395 g/mol. The molecule has 1 aliphatic rings. The Labute approximate surface area is 164 Å². The Hall–Kier alpha value is -3.13. The maximum Gasteiger partial charge on any atom is 0.258 e. The monoisotopic (exact) mass is 395 g/mol. The minimum atomic E-state index is -1.63. The quantitative estimate of drug-likeness (QED) is 0.547. The summed E-state index contributed by atoms with van der Waals surface area (Å²) in [5.74, 6) is -0.367. The van der Waals surface area contributed by atoms with Crippen molar-refractivity contribution < 1.29 is 8.78 Å². The Morgan fingerprint density at radius 3 is 2.69 bits per heavy atom. The molecule has 1 aliphatic heterocycles. The van der Waals surface area contributed by atoms with Gasteiger partial charge in [-0.15, -0.1) is 0 Å². The summed E-state index contributed by atoms with van der Waals surface area (Å²) >= 11 is 0. The van der Waals surface area contributed by atoms with Gasteiger partial charge in [0.05, 0.1) is 16.6 Å². The van der Waals surface area contributed by atoms with E-state index >= 15 is 4.39 Å². The van der Waals surface area contributed by atoms with E-state index in [1.807, 2.05) is 0 Å². The number of hydrogen-bond donors (Lipinski definition) is 2. The van der Waals surface area contributed by atoms with Crippen molar-refractivity contribution in [1.29, 1.82) is 0 Å². The summed E-state index contributed by atoms with van der Waals surface area (Å²) in [6.07, 6.45) is 4.04. The molecule has 0 aliphatic carbocycles. The average Bonchev–Trinajstić information content (AvgIpc) is 3.09. The van der Waals surface area contributed by atoms with Crippen molar-refractivity contribution in [1.82, 2.24) is 24.7 Å². The van der Waals surface area contributed by atoms with Gasteiger partial charge in [0.1, 0.15) is 5.82 Å². The van der Waals surface area contributed by atoms with Gasteiger partial charge in [-0.3, -0.25) is 4.79 Å². The van der Waals surface area contributed by atoms with Gasteiger partial charge in [-0.2, -0.15) is 0 Å². The van der Waals surface area contributed by atoms with Crippen LogP contribution < -0.4 is 10.9 Å². The highest BCUT2D eigenvalue weighted by atomic mass is 19.1. The SMILES string of the molecule is Cc1cn2cc(-c3ccc4nc(C5(F)CCNCC5)[nH]c(=O)c4c3)cc(F)c2n1. The maximum atomic E-state index is 15.2. The van der Waals surface area contributed by atoms with Gasteiger partial charge in [-0.1, -0.05) is 6.07 Å². The molecular formula is C21H19F2N5O. The highest BCUT2D eigenvalue weighted by Crippen LogP contribution is 2.33. The second-order valence-corrected chi connectivity index (χ2v) is 7.55. The van der Waals surface area contributed by atoms with Gasteiger partial charge in [0.2, 0.25) is 0 Å². The molecular weight excluding hydrogens is 376 g/mol. The Bertz CT molecular complexity index is 1300. The van der Waals surface area contributed by atoms with Gasteiger partial charge in [0.15, 0.2) is 17.1 Å². The summed E-state index contributed by atoms with van der Waals surface area (Å²) in [6.45, 7) is 2.88. The van der Waals surface area contributed by atoms with E-state index < -0.39 is 17.0 Å². The minimum Gasteiger partial charge on any atom is -0.316 e. The molecule has 0 spiro atoms. The van der Waals surface area contributed by atoms with Crippen LogP contribution in [0.4, 0.5) is 8.78 Å². The molecule has 0 amide bonds. The zero-order valence-electron chi connectivity index (χ0n) is 15.8. The van der Waals surface area contributed by atoms with E-state index in [9.17, 15) is 9.18 Å². The third-order valence-corrected chi connectivity index (χ3v) is 5.49. The molecule has 1 fully saturated rings. The molecule has 6 nitrogen and oxygen atoms in total. The Morgan fingerprint density at radius 2 is 1.90 bits per heavy atom. The zero-order valence-corrected chi connectivity index (χ0v) is 15.8. The number of nitrogens with zero attached hydrogens (tertiary/aromatic N) is 3. The molecule has 0 bridgehead atoms. The third-order valence-electron chi connectivity index (χ3n) is 5.49. The van der Waals surface area contributed by atoms with Crippen LogP contribution in [-0.2, 0) is 5.67 Å². The number of pyridine rings is 1. The summed E-state index contributed by atoms with van der Waals surface area (Å²) in [7, 11) is 0. The van der Waals surface area contributed by atoms with Crippen LogP contribution in [0.25, 0.3) is 27.7 Å². The topological polar surface area (TPSA) is 75.1 Å². The molecule has 0 radical (unpaired) electrons. The van der Waals surface area contributed by atoms with Crippen molar-refractivity contribution in [2.45, 2.75) is 25.4 Å². The molecule has 5 rings (SSSR count). The van der Waals surface area contributed by atoms with Gasteiger partial charge in [0.25, 0.3) is 5.56 Å². The van der Waals surface area contributed by atoms with E-state index in [1.54, 1.807) is 41.9 Å². The van der Waals surface area contributed by atoms with Crippen molar-refractivity contribution in [3.05, 3.63) is 64.3 Å². The maximum absolute atomic E-state index is 15.2. The van der Waals surface area contributed by atoms with Crippen molar-refractivity contribution in [2.24, 2.45) is 0 Å². The lowest BCUT2D eigenvalue weighted by atomic mass is 9.93. The predicted molar refractivity (Wildman–Crippen MR) is 106 cm³/mol. The molecule has 2 N–H and O–H groups in total. The fraction of sp³-hybridized carbons (Fsp3) is 0.286. The number of rotatable bonds is 2.